The lowest BCUT2D eigenvalue weighted by atomic mass is 10.0. The summed E-state index contributed by atoms with van der Waals surface area (Å²) >= 11 is 0. The largest absolute Gasteiger partial charge is 0.368 e. The Morgan fingerprint density at radius 2 is 1.68 bits per heavy atom. The van der Waals surface area contributed by atoms with E-state index in [0.717, 1.165) is 39.7 Å². The third-order valence-electron chi connectivity index (χ3n) is 6.72. The minimum Gasteiger partial charge on any atom is -0.368 e. The van der Waals surface area contributed by atoms with Gasteiger partial charge in [-0.05, 0) is 48.9 Å². The monoisotopic (exact) mass is 585 g/mol. The van der Waals surface area contributed by atoms with Crippen molar-refractivity contribution < 1.29 is 25.6 Å². The van der Waals surface area contributed by atoms with Gasteiger partial charge in [-0.1, -0.05) is 12.6 Å². The van der Waals surface area contributed by atoms with Crippen molar-refractivity contribution in [1.29, 1.82) is 0 Å². The highest BCUT2D eigenvalue weighted by molar-refractivity contribution is 7.92. The highest BCUT2D eigenvalue weighted by Crippen LogP contribution is 2.32. The van der Waals surface area contributed by atoms with Gasteiger partial charge in [0.05, 0.1) is 16.9 Å². The minimum absolute atomic E-state index is 0.146. The van der Waals surface area contributed by atoms with Gasteiger partial charge in [0.2, 0.25) is 10.0 Å². The van der Waals surface area contributed by atoms with Gasteiger partial charge in [-0.15, -0.1) is 0 Å². The molecule has 0 atom stereocenters. The number of benzene rings is 2. The third kappa shape index (κ3) is 5.40. The zero-order valence-corrected chi connectivity index (χ0v) is 23.0. The Morgan fingerprint density at radius 1 is 0.925 bits per heavy atom. The summed E-state index contributed by atoms with van der Waals surface area (Å²) in [5.74, 6) is -2.09. The molecule has 2 aromatic carbocycles. The van der Waals surface area contributed by atoms with E-state index in [1.54, 1.807) is 25.4 Å². The molecule has 0 saturated carbocycles. The van der Waals surface area contributed by atoms with Gasteiger partial charge in [0, 0.05) is 66.7 Å². The fourth-order valence-electron chi connectivity index (χ4n) is 4.56. The molecule has 208 valence electrons. The Hall–Kier alpha value is -3.94. The molecule has 0 amide bonds. The first-order chi connectivity index (χ1) is 19.0. The molecule has 9 nitrogen and oxygen atoms in total. The summed E-state index contributed by atoms with van der Waals surface area (Å²) in [4.78, 5) is 10.2. The van der Waals surface area contributed by atoms with E-state index in [9.17, 15) is 25.6 Å². The number of anilines is 2. The van der Waals surface area contributed by atoms with Crippen LogP contribution in [0.15, 0.2) is 77.8 Å². The number of pyridine rings is 2. The molecule has 40 heavy (non-hydrogen) atoms. The Kier molecular flexibility index (Phi) is 7.29. The number of aryl methyl sites for hydroxylation is 1. The predicted molar refractivity (Wildman–Crippen MR) is 150 cm³/mol. The van der Waals surface area contributed by atoms with Crippen molar-refractivity contribution in [1.82, 2.24) is 14.3 Å². The number of sulfonamides is 2. The van der Waals surface area contributed by atoms with Crippen molar-refractivity contribution >= 4 is 42.3 Å². The van der Waals surface area contributed by atoms with Crippen molar-refractivity contribution in [2.45, 2.75) is 11.8 Å². The summed E-state index contributed by atoms with van der Waals surface area (Å²) < 4.78 is 81.3. The number of rotatable bonds is 7. The van der Waals surface area contributed by atoms with Crippen LogP contribution in [-0.4, -0.2) is 57.3 Å². The molecular formula is C27H25F2N5O4S2. The van der Waals surface area contributed by atoms with Crippen LogP contribution < -0.4 is 9.62 Å². The first-order valence-electron chi connectivity index (χ1n) is 12.2. The number of hydrogen-bond donors (Lipinski definition) is 1. The maximum Gasteiger partial charge on any atom is 0.264 e. The van der Waals surface area contributed by atoms with Gasteiger partial charge in [0.15, 0.2) is 0 Å². The molecule has 0 aliphatic carbocycles. The standard InChI is InChI=1S/C27H25F2N5O4S2/c1-3-39(35,36)34-12-10-33(11-13-34)26-8-9-30-24-6-4-19(14-22(24)26)20-15-25(18(2)31-17-20)32-40(37,38)27-7-5-21(28)16-23(27)29/h3-9,14-17,32H,1,10-13H2,2H3. The van der Waals surface area contributed by atoms with Crippen molar-refractivity contribution in [2.24, 2.45) is 0 Å². The lowest BCUT2D eigenvalue weighted by molar-refractivity contribution is 0.390. The average molecular weight is 586 g/mol. The average Bonchev–Trinajstić information content (AvgIpc) is 2.93. The van der Waals surface area contributed by atoms with E-state index in [0.29, 0.717) is 43.5 Å². The summed E-state index contributed by atoms with van der Waals surface area (Å²) in [6.45, 7) is 6.60. The second kappa shape index (κ2) is 10.6. The molecule has 1 N–H and O–H groups in total. The molecule has 3 heterocycles. The van der Waals surface area contributed by atoms with Crippen molar-refractivity contribution in [2.75, 3.05) is 35.8 Å². The topological polar surface area (TPSA) is 113 Å². The van der Waals surface area contributed by atoms with Gasteiger partial charge < -0.3 is 4.90 Å². The number of halogens is 2. The minimum atomic E-state index is -4.36. The van der Waals surface area contributed by atoms with E-state index in [2.05, 4.69) is 26.2 Å². The quantitative estimate of drug-likeness (QED) is 0.345. The van der Waals surface area contributed by atoms with Crippen LogP contribution in [0.25, 0.3) is 22.0 Å². The second-order valence-electron chi connectivity index (χ2n) is 9.20. The van der Waals surface area contributed by atoms with Gasteiger partial charge in [0.1, 0.15) is 16.5 Å². The van der Waals surface area contributed by atoms with Crippen LogP contribution >= 0.6 is 0 Å². The van der Waals surface area contributed by atoms with E-state index in [-0.39, 0.29) is 5.69 Å². The van der Waals surface area contributed by atoms with Gasteiger partial charge in [-0.2, -0.15) is 4.31 Å². The van der Waals surface area contributed by atoms with E-state index in [1.165, 1.54) is 4.31 Å². The molecule has 0 unspecified atom stereocenters. The molecule has 1 aliphatic rings. The maximum absolute atomic E-state index is 14.2. The summed E-state index contributed by atoms with van der Waals surface area (Å²) in [5.41, 5.74) is 3.46. The molecule has 1 saturated heterocycles. The van der Waals surface area contributed by atoms with Crippen LogP contribution in [0, 0.1) is 18.6 Å². The summed E-state index contributed by atoms with van der Waals surface area (Å²) in [6.07, 6.45) is 3.29. The Morgan fingerprint density at radius 3 is 2.38 bits per heavy atom. The highest BCUT2D eigenvalue weighted by atomic mass is 32.2. The molecule has 2 aromatic heterocycles. The molecule has 1 fully saturated rings. The number of nitrogens with one attached hydrogen (secondary N) is 1. The molecular weight excluding hydrogens is 560 g/mol. The lowest BCUT2D eigenvalue weighted by Crippen LogP contribution is -2.48. The first kappa shape index (κ1) is 27.6. The molecule has 0 radical (unpaired) electrons. The summed E-state index contributed by atoms with van der Waals surface area (Å²) in [7, 11) is -7.85. The summed E-state index contributed by atoms with van der Waals surface area (Å²) in [6, 6.07) is 11.3. The molecule has 13 heteroatoms. The molecule has 5 rings (SSSR count). The van der Waals surface area contributed by atoms with Gasteiger partial charge >= 0.3 is 0 Å². The van der Waals surface area contributed by atoms with Crippen LogP contribution in [0.3, 0.4) is 0 Å². The maximum atomic E-state index is 14.2. The number of hydrogen-bond acceptors (Lipinski definition) is 7. The van der Waals surface area contributed by atoms with Crippen LogP contribution in [0.2, 0.25) is 0 Å². The van der Waals surface area contributed by atoms with Crippen LogP contribution in [-0.2, 0) is 20.0 Å². The van der Waals surface area contributed by atoms with Crippen LogP contribution in [0.5, 0.6) is 0 Å². The number of aromatic nitrogens is 2. The van der Waals surface area contributed by atoms with E-state index in [4.69, 9.17) is 0 Å². The van der Waals surface area contributed by atoms with E-state index >= 15 is 0 Å². The Labute approximate surface area is 230 Å². The van der Waals surface area contributed by atoms with Gasteiger partial charge in [0.25, 0.3) is 10.0 Å². The predicted octanol–water partition coefficient (Wildman–Crippen LogP) is 4.28. The van der Waals surface area contributed by atoms with Crippen molar-refractivity contribution in [3.63, 3.8) is 0 Å². The van der Waals surface area contributed by atoms with Crippen LogP contribution in [0.4, 0.5) is 20.2 Å². The number of nitrogens with zero attached hydrogens (tertiary/aromatic N) is 4. The third-order valence-corrected chi connectivity index (χ3v) is 9.62. The molecule has 1 aliphatic heterocycles. The zero-order chi connectivity index (χ0) is 28.7. The van der Waals surface area contributed by atoms with Gasteiger partial charge in [-0.3, -0.25) is 14.7 Å². The molecule has 4 aromatic rings. The zero-order valence-electron chi connectivity index (χ0n) is 21.4. The van der Waals surface area contributed by atoms with Crippen molar-refractivity contribution in [3.8, 4) is 11.1 Å². The number of piperazine rings is 1. The SMILES string of the molecule is C=CS(=O)(=O)N1CCN(c2ccnc3ccc(-c4cnc(C)c(NS(=O)(=O)c5ccc(F)cc5F)c4)cc23)CC1. The normalized spacial score (nSPS) is 14.8. The first-order valence-corrected chi connectivity index (χ1v) is 15.2. The van der Waals surface area contributed by atoms with Crippen LogP contribution in [0.1, 0.15) is 5.69 Å². The fraction of sp³-hybridized carbons (Fsp3) is 0.185. The number of fused-ring (bicyclic) bond motifs is 1. The Balaban J connectivity index is 1.47. The highest BCUT2D eigenvalue weighted by Gasteiger charge is 2.26. The van der Waals surface area contributed by atoms with E-state index < -0.39 is 36.6 Å². The molecule has 0 bridgehead atoms. The summed E-state index contributed by atoms with van der Waals surface area (Å²) in [5, 5.41) is 1.78. The Bertz CT molecular complexity index is 1840. The second-order valence-corrected chi connectivity index (χ2v) is 12.7. The molecule has 0 spiro atoms. The lowest BCUT2D eigenvalue weighted by Gasteiger charge is -2.35. The van der Waals surface area contributed by atoms with E-state index in [1.807, 2.05) is 24.3 Å². The fourth-order valence-corrected chi connectivity index (χ4v) is 6.62. The smallest absolute Gasteiger partial charge is 0.264 e. The van der Waals surface area contributed by atoms with Gasteiger partial charge in [-0.25, -0.2) is 25.6 Å². The van der Waals surface area contributed by atoms with Crippen molar-refractivity contribution in [3.05, 3.63) is 90.2 Å².